The molecule has 0 aromatic heterocycles. The number of esters is 1. The molecule has 6 heteroatoms. The minimum Gasteiger partial charge on any atom is -0.462 e. The highest BCUT2D eigenvalue weighted by molar-refractivity contribution is 5.77. The highest BCUT2D eigenvalue weighted by Crippen LogP contribution is 2.18. The Morgan fingerprint density at radius 2 is 0.797 bits per heavy atom. The lowest BCUT2D eigenvalue weighted by Crippen LogP contribution is -2.46. The third-order valence-electron chi connectivity index (χ3n) is 13.0. The molecule has 0 saturated carbocycles. The number of aliphatic hydroxyl groups excluding tert-OH is 2. The van der Waals surface area contributed by atoms with Crippen molar-refractivity contribution in [2.75, 3.05) is 6.61 Å². The molecule has 3 unspecified atom stereocenters. The summed E-state index contributed by atoms with van der Waals surface area (Å²) in [6.07, 6.45) is 62.1. The van der Waals surface area contributed by atoms with Crippen LogP contribution in [0.2, 0.25) is 0 Å². The molecule has 0 aliphatic heterocycles. The molecule has 0 radical (unpaired) electrons. The minimum absolute atomic E-state index is 0.0638. The molecule has 6 nitrogen and oxygen atoms in total. The Bertz CT molecular complexity index is 1060. The van der Waals surface area contributed by atoms with E-state index in [0.29, 0.717) is 19.3 Å². The number of allylic oxidation sites excluding steroid dienone is 6. The van der Waals surface area contributed by atoms with E-state index in [-0.39, 0.29) is 24.9 Å². The van der Waals surface area contributed by atoms with Gasteiger partial charge in [0, 0.05) is 6.42 Å². The second kappa shape index (κ2) is 52.1. The van der Waals surface area contributed by atoms with Crippen LogP contribution >= 0.6 is 0 Å². The molecule has 0 aromatic carbocycles. The molecule has 3 N–H and O–H groups in total. The number of nitrogens with one attached hydrogen (secondary N) is 1. The van der Waals surface area contributed by atoms with Crippen LogP contribution in [0.5, 0.6) is 0 Å². The van der Waals surface area contributed by atoms with Crippen LogP contribution in [-0.2, 0) is 14.3 Å². The van der Waals surface area contributed by atoms with Crippen LogP contribution in [0.4, 0.5) is 0 Å². The van der Waals surface area contributed by atoms with Gasteiger partial charge in [-0.1, -0.05) is 243 Å². The van der Waals surface area contributed by atoms with E-state index in [4.69, 9.17) is 4.74 Å². The Morgan fingerprint density at radius 1 is 0.453 bits per heavy atom. The van der Waals surface area contributed by atoms with Crippen molar-refractivity contribution in [3.8, 4) is 0 Å². The summed E-state index contributed by atoms with van der Waals surface area (Å²) in [5.74, 6) is -0.502. The first kappa shape index (κ1) is 62.1. The number of ether oxygens (including phenoxy) is 1. The van der Waals surface area contributed by atoms with Crippen molar-refractivity contribution in [2.24, 2.45) is 0 Å². The fourth-order valence-electron chi connectivity index (χ4n) is 8.65. The van der Waals surface area contributed by atoms with E-state index in [0.717, 1.165) is 77.0 Å². The molecule has 64 heavy (non-hydrogen) atoms. The first-order valence-corrected chi connectivity index (χ1v) is 28.2. The van der Waals surface area contributed by atoms with Crippen molar-refractivity contribution in [2.45, 2.75) is 315 Å². The Hall–Kier alpha value is -1.92. The van der Waals surface area contributed by atoms with Crippen molar-refractivity contribution < 1.29 is 24.5 Å². The van der Waals surface area contributed by atoms with Crippen LogP contribution in [0.25, 0.3) is 0 Å². The van der Waals surface area contributed by atoms with Crippen molar-refractivity contribution in [3.05, 3.63) is 36.5 Å². The van der Waals surface area contributed by atoms with Gasteiger partial charge in [0.2, 0.25) is 5.91 Å². The van der Waals surface area contributed by atoms with Gasteiger partial charge in [0.15, 0.2) is 0 Å². The van der Waals surface area contributed by atoms with E-state index in [1.165, 1.54) is 173 Å². The van der Waals surface area contributed by atoms with E-state index in [1.54, 1.807) is 0 Å². The Labute approximate surface area is 398 Å². The van der Waals surface area contributed by atoms with Crippen LogP contribution in [0.1, 0.15) is 297 Å². The lowest BCUT2D eigenvalue weighted by molar-refractivity contribution is -0.151. The second-order valence-electron chi connectivity index (χ2n) is 19.4. The van der Waals surface area contributed by atoms with E-state index in [1.807, 2.05) is 0 Å². The van der Waals surface area contributed by atoms with Gasteiger partial charge in [-0.05, 0) is 77.0 Å². The van der Waals surface area contributed by atoms with E-state index < -0.39 is 18.2 Å². The van der Waals surface area contributed by atoms with Gasteiger partial charge in [-0.25, -0.2) is 0 Å². The van der Waals surface area contributed by atoms with Crippen molar-refractivity contribution in [3.63, 3.8) is 0 Å². The SMILES string of the molecule is CCCCCC/C=C\CCCCCCCC(CC(=O)NC(CO)C(O)CCCCCCCCCCCCCCCCCC)OC(=O)CCCCC/C=C/C=C/CCCCCCCCC. The topological polar surface area (TPSA) is 95.9 Å². The molecule has 1 amide bonds. The predicted octanol–water partition coefficient (Wildman–Crippen LogP) is 17.2. The lowest BCUT2D eigenvalue weighted by Gasteiger charge is -2.24. The molecule has 0 fully saturated rings. The molecular formula is C58H109NO5. The Kier molecular flexibility index (Phi) is 50.5. The first-order valence-electron chi connectivity index (χ1n) is 28.2. The molecule has 0 spiro atoms. The number of hydrogen-bond donors (Lipinski definition) is 3. The molecule has 0 aromatic rings. The number of unbranched alkanes of at least 4 members (excludes halogenated alkanes) is 34. The Balaban J connectivity index is 4.56. The fourth-order valence-corrected chi connectivity index (χ4v) is 8.65. The fraction of sp³-hybridized carbons (Fsp3) is 0.862. The summed E-state index contributed by atoms with van der Waals surface area (Å²) in [5.41, 5.74) is 0. The number of aliphatic hydroxyl groups is 2. The van der Waals surface area contributed by atoms with E-state index in [2.05, 4.69) is 62.5 Å². The van der Waals surface area contributed by atoms with Crippen LogP contribution in [-0.4, -0.2) is 46.9 Å². The summed E-state index contributed by atoms with van der Waals surface area (Å²) in [6.45, 7) is 6.48. The van der Waals surface area contributed by atoms with Gasteiger partial charge in [0.25, 0.3) is 0 Å². The average Bonchev–Trinajstić information content (AvgIpc) is 3.29. The smallest absolute Gasteiger partial charge is 0.306 e. The molecule has 0 aliphatic rings. The maximum absolute atomic E-state index is 13.2. The summed E-state index contributed by atoms with van der Waals surface area (Å²) in [7, 11) is 0. The quantitative estimate of drug-likeness (QED) is 0.0245. The van der Waals surface area contributed by atoms with E-state index in [9.17, 15) is 19.8 Å². The largest absolute Gasteiger partial charge is 0.462 e. The van der Waals surface area contributed by atoms with Gasteiger partial charge in [0.05, 0.1) is 25.2 Å². The summed E-state index contributed by atoms with van der Waals surface area (Å²) < 4.78 is 5.93. The Morgan fingerprint density at radius 3 is 1.22 bits per heavy atom. The van der Waals surface area contributed by atoms with Crippen LogP contribution < -0.4 is 5.32 Å². The van der Waals surface area contributed by atoms with Gasteiger partial charge >= 0.3 is 5.97 Å². The average molecular weight is 901 g/mol. The summed E-state index contributed by atoms with van der Waals surface area (Å²) >= 11 is 0. The monoisotopic (exact) mass is 900 g/mol. The highest BCUT2D eigenvalue weighted by atomic mass is 16.5. The van der Waals surface area contributed by atoms with Gasteiger partial charge in [0.1, 0.15) is 6.10 Å². The standard InChI is InChI=1S/C58H109NO5/c1-4-7-10-13-16-19-22-25-27-29-32-35-38-41-44-47-50-56(61)55(53-60)59-57(62)52-54(49-46-43-40-37-34-31-24-21-18-15-12-9-6-3)64-58(63)51-48-45-42-39-36-33-30-28-26-23-20-17-14-11-8-5-2/h21,24,28,30,33,36,54-56,60-61H,4-20,22-23,25-27,29,31-32,34-35,37-53H2,1-3H3,(H,59,62)/b24-21-,30-28+,36-33+. The number of carbonyl (C=O) groups is 2. The number of carbonyl (C=O) groups excluding carboxylic acids is 2. The zero-order valence-electron chi connectivity index (χ0n) is 42.9. The summed E-state index contributed by atoms with van der Waals surface area (Å²) in [5, 5.41) is 23.9. The molecule has 0 bridgehead atoms. The molecule has 0 aliphatic carbocycles. The third kappa shape index (κ3) is 46.6. The van der Waals surface area contributed by atoms with Gasteiger partial charge < -0.3 is 20.3 Å². The zero-order valence-corrected chi connectivity index (χ0v) is 42.9. The normalized spacial score (nSPS) is 13.4. The molecule has 0 saturated heterocycles. The van der Waals surface area contributed by atoms with Gasteiger partial charge in [-0.3, -0.25) is 9.59 Å². The zero-order chi connectivity index (χ0) is 46.7. The second-order valence-corrected chi connectivity index (χ2v) is 19.4. The predicted molar refractivity (Wildman–Crippen MR) is 278 cm³/mol. The highest BCUT2D eigenvalue weighted by Gasteiger charge is 2.24. The molecule has 376 valence electrons. The maximum atomic E-state index is 13.2. The molecule has 0 rings (SSSR count). The number of amides is 1. The van der Waals surface area contributed by atoms with Crippen LogP contribution in [0, 0.1) is 0 Å². The summed E-state index contributed by atoms with van der Waals surface area (Å²) in [6, 6.07) is -0.708. The lowest BCUT2D eigenvalue weighted by atomic mass is 10.0. The number of rotatable bonds is 51. The first-order chi connectivity index (χ1) is 31.5. The minimum atomic E-state index is -0.793. The molecule has 0 heterocycles. The third-order valence-corrected chi connectivity index (χ3v) is 13.0. The van der Waals surface area contributed by atoms with Crippen molar-refractivity contribution >= 4 is 11.9 Å². The van der Waals surface area contributed by atoms with Gasteiger partial charge in [-0.15, -0.1) is 0 Å². The van der Waals surface area contributed by atoms with Gasteiger partial charge in [-0.2, -0.15) is 0 Å². The van der Waals surface area contributed by atoms with Crippen LogP contribution in [0.15, 0.2) is 36.5 Å². The van der Waals surface area contributed by atoms with Crippen molar-refractivity contribution in [1.82, 2.24) is 5.32 Å². The molecule has 3 atom stereocenters. The maximum Gasteiger partial charge on any atom is 0.306 e. The van der Waals surface area contributed by atoms with Crippen LogP contribution in [0.3, 0.4) is 0 Å². The molecular weight excluding hydrogens is 791 g/mol. The van der Waals surface area contributed by atoms with E-state index >= 15 is 0 Å². The van der Waals surface area contributed by atoms with Crippen molar-refractivity contribution in [1.29, 1.82) is 0 Å². The summed E-state index contributed by atoms with van der Waals surface area (Å²) in [4.78, 5) is 26.2. The number of hydrogen-bond acceptors (Lipinski definition) is 5.